The summed E-state index contributed by atoms with van der Waals surface area (Å²) in [6, 6.07) is 7.03. The van der Waals surface area contributed by atoms with E-state index in [2.05, 4.69) is 44.5 Å². The van der Waals surface area contributed by atoms with Crippen LogP contribution in [0.3, 0.4) is 0 Å². The molecule has 0 aliphatic rings. The maximum absolute atomic E-state index is 12.3. The summed E-state index contributed by atoms with van der Waals surface area (Å²) in [7, 11) is -1.73. The Hall–Kier alpha value is -2.12. The van der Waals surface area contributed by atoms with Gasteiger partial charge in [-0.25, -0.2) is 4.79 Å². The zero-order valence-corrected chi connectivity index (χ0v) is 20.7. The second-order valence-electron chi connectivity index (χ2n) is 9.79. The first-order valence-corrected chi connectivity index (χ1v) is 13.3. The van der Waals surface area contributed by atoms with E-state index in [1.54, 1.807) is 45.0 Å². The molecule has 1 aromatic carbocycles. The Kier molecular flexibility index (Phi) is 9.30. The molecule has 0 heterocycles. The topological polar surface area (TPSA) is 76.7 Å². The van der Waals surface area contributed by atoms with E-state index in [4.69, 9.17) is 9.16 Å². The summed E-state index contributed by atoms with van der Waals surface area (Å²) in [6.07, 6.45) is 4.27. The van der Waals surface area contributed by atoms with E-state index in [0.717, 1.165) is 6.42 Å². The maximum atomic E-state index is 12.3. The highest BCUT2D eigenvalue weighted by Gasteiger charge is 2.36. The molecular formula is C23H38N2O4Si. The van der Waals surface area contributed by atoms with Gasteiger partial charge < -0.3 is 14.5 Å². The highest BCUT2D eigenvalue weighted by atomic mass is 28.4. The van der Waals surface area contributed by atoms with Crippen LogP contribution in [0.1, 0.15) is 54.4 Å². The average molecular weight is 435 g/mol. The minimum atomic E-state index is -1.73. The van der Waals surface area contributed by atoms with Crippen molar-refractivity contribution in [3.63, 3.8) is 0 Å². The van der Waals surface area contributed by atoms with Crippen molar-refractivity contribution in [2.24, 2.45) is 0 Å². The minimum Gasteiger partial charge on any atom is -0.444 e. The van der Waals surface area contributed by atoms with Crippen LogP contribution in [-0.4, -0.2) is 32.5 Å². The fourth-order valence-corrected chi connectivity index (χ4v) is 3.28. The molecule has 1 aromatic rings. The monoisotopic (exact) mass is 434 g/mol. The summed E-state index contributed by atoms with van der Waals surface area (Å²) in [4.78, 5) is 24.3. The molecule has 30 heavy (non-hydrogen) atoms. The lowest BCUT2D eigenvalue weighted by atomic mass is 10.2. The lowest BCUT2D eigenvalue weighted by Crippen LogP contribution is -2.40. The van der Waals surface area contributed by atoms with Crippen molar-refractivity contribution in [2.45, 2.75) is 78.1 Å². The van der Waals surface area contributed by atoms with Crippen LogP contribution in [0.2, 0.25) is 18.1 Å². The molecule has 2 N–H and O–H groups in total. The number of ether oxygens (including phenoxy) is 1. The Morgan fingerprint density at radius 1 is 0.967 bits per heavy atom. The second kappa shape index (κ2) is 10.8. The number of amides is 2. The van der Waals surface area contributed by atoms with Gasteiger partial charge in [0.25, 0.3) is 0 Å². The summed E-state index contributed by atoms with van der Waals surface area (Å²) in [5.74, 6) is -0.157. The van der Waals surface area contributed by atoms with Crippen molar-refractivity contribution in [3.8, 4) is 0 Å². The SMILES string of the molecule is CC(C)(C)OC(=O)Nc1ccccc1NC(=O)CC=CCCO[Si](C)(C)C(C)(C)C. The van der Waals surface area contributed by atoms with E-state index in [1.165, 1.54) is 0 Å². The number of benzene rings is 1. The van der Waals surface area contributed by atoms with Gasteiger partial charge in [-0.05, 0) is 57.5 Å². The smallest absolute Gasteiger partial charge is 0.412 e. The summed E-state index contributed by atoms with van der Waals surface area (Å²) in [5, 5.41) is 5.70. The molecule has 0 saturated heterocycles. The summed E-state index contributed by atoms with van der Waals surface area (Å²) in [5.41, 5.74) is 0.427. The van der Waals surface area contributed by atoms with E-state index in [9.17, 15) is 9.59 Å². The van der Waals surface area contributed by atoms with Gasteiger partial charge in [-0.1, -0.05) is 45.1 Å². The molecule has 0 atom stereocenters. The molecule has 0 saturated carbocycles. The lowest BCUT2D eigenvalue weighted by molar-refractivity contribution is -0.115. The third-order valence-electron chi connectivity index (χ3n) is 4.86. The predicted molar refractivity (Wildman–Crippen MR) is 126 cm³/mol. The second-order valence-corrected chi connectivity index (χ2v) is 14.6. The first-order valence-electron chi connectivity index (χ1n) is 10.4. The number of hydrogen-bond donors (Lipinski definition) is 2. The van der Waals surface area contributed by atoms with Crippen molar-refractivity contribution in [1.29, 1.82) is 0 Å². The molecule has 0 aliphatic heterocycles. The largest absolute Gasteiger partial charge is 0.444 e. The van der Waals surface area contributed by atoms with Crippen molar-refractivity contribution < 1.29 is 18.8 Å². The molecule has 0 fully saturated rings. The van der Waals surface area contributed by atoms with Gasteiger partial charge in [-0.15, -0.1) is 0 Å². The van der Waals surface area contributed by atoms with E-state index in [0.29, 0.717) is 18.0 Å². The molecule has 168 valence electrons. The Balaban J connectivity index is 2.50. The first-order chi connectivity index (χ1) is 13.7. The molecule has 0 radical (unpaired) electrons. The van der Waals surface area contributed by atoms with Crippen LogP contribution in [0.4, 0.5) is 16.2 Å². The summed E-state index contributed by atoms with van der Waals surface area (Å²) in [6.45, 7) is 17.2. The summed E-state index contributed by atoms with van der Waals surface area (Å²) >= 11 is 0. The van der Waals surface area contributed by atoms with Gasteiger partial charge in [0.15, 0.2) is 8.32 Å². The highest BCUT2D eigenvalue weighted by molar-refractivity contribution is 6.74. The molecule has 0 aliphatic carbocycles. The number of rotatable bonds is 8. The highest BCUT2D eigenvalue weighted by Crippen LogP contribution is 2.36. The van der Waals surface area contributed by atoms with Crippen LogP contribution in [0, 0.1) is 0 Å². The number of para-hydroxylation sites is 2. The Morgan fingerprint density at radius 3 is 2.07 bits per heavy atom. The Labute approximate surface area is 182 Å². The van der Waals surface area contributed by atoms with Crippen molar-refractivity contribution in [1.82, 2.24) is 0 Å². The zero-order valence-electron chi connectivity index (χ0n) is 19.7. The van der Waals surface area contributed by atoms with Crippen molar-refractivity contribution in [3.05, 3.63) is 36.4 Å². The van der Waals surface area contributed by atoms with Crippen LogP contribution >= 0.6 is 0 Å². The fourth-order valence-electron chi connectivity index (χ4n) is 2.22. The summed E-state index contributed by atoms with van der Waals surface area (Å²) < 4.78 is 11.4. The molecular weight excluding hydrogens is 396 g/mol. The minimum absolute atomic E-state index is 0.157. The Bertz CT molecular complexity index is 746. The molecule has 0 bridgehead atoms. The quantitative estimate of drug-likeness (QED) is 0.285. The average Bonchev–Trinajstić information content (AvgIpc) is 2.57. The van der Waals surface area contributed by atoms with Crippen LogP contribution in [0.25, 0.3) is 0 Å². The van der Waals surface area contributed by atoms with Gasteiger partial charge >= 0.3 is 6.09 Å². The van der Waals surface area contributed by atoms with E-state index >= 15 is 0 Å². The van der Waals surface area contributed by atoms with Gasteiger partial charge in [-0.2, -0.15) is 0 Å². The maximum Gasteiger partial charge on any atom is 0.412 e. The lowest BCUT2D eigenvalue weighted by Gasteiger charge is -2.36. The number of carbonyl (C=O) groups excluding carboxylic acids is 2. The number of nitrogens with one attached hydrogen (secondary N) is 2. The number of anilines is 2. The predicted octanol–water partition coefficient (Wildman–Crippen LogP) is 6.33. The van der Waals surface area contributed by atoms with Gasteiger partial charge in [0.1, 0.15) is 5.60 Å². The van der Waals surface area contributed by atoms with Crippen molar-refractivity contribution in [2.75, 3.05) is 17.2 Å². The van der Waals surface area contributed by atoms with Gasteiger partial charge in [0, 0.05) is 13.0 Å². The third kappa shape index (κ3) is 9.58. The molecule has 7 heteroatoms. The zero-order chi connectivity index (χ0) is 23.0. The van der Waals surface area contributed by atoms with Gasteiger partial charge in [0.05, 0.1) is 11.4 Å². The van der Waals surface area contributed by atoms with Crippen LogP contribution in [0.15, 0.2) is 36.4 Å². The molecule has 6 nitrogen and oxygen atoms in total. The van der Waals surface area contributed by atoms with Crippen LogP contribution < -0.4 is 10.6 Å². The fraction of sp³-hybridized carbons (Fsp3) is 0.565. The van der Waals surface area contributed by atoms with Crippen molar-refractivity contribution >= 4 is 31.7 Å². The van der Waals surface area contributed by atoms with E-state index in [-0.39, 0.29) is 17.4 Å². The molecule has 0 unspecified atom stereocenters. The molecule has 0 aromatic heterocycles. The first kappa shape index (κ1) is 25.9. The standard InChI is InChI=1S/C23H38N2O4Si/c1-22(2,3)29-21(27)25-19-15-12-11-14-18(19)24-20(26)16-10-9-13-17-28-30(7,8)23(4,5)6/h9-12,14-15H,13,16-17H2,1-8H3,(H,24,26)(H,25,27). The normalized spacial score (nSPS) is 12.7. The van der Waals surface area contributed by atoms with Crippen LogP contribution in [-0.2, 0) is 14.0 Å². The van der Waals surface area contributed by atoms with E-state index < -0.39 is 20.0 Å². The Morgan fingerprint density at radius 2 is 1.53 bits per heavy atom. The van der Waals surface area contributed by atoms with Gasteiger partial charge in [0.2, 0.25) is 5.91 Å². The number of carbonyl (C=O) groups is 2. The molecule has 0 spiro atoms. The van der Waals surface area contributed by atoms with E-state index in [1.807, 2.05) is 12.2 Å². The molecule has 2 amide bonds. The third-order valence-corrected chi connectivity index (χ3v) is 9.40. The van der Waals surface area contributed by atoms with Gasteiger partial charge in [-0.3, -0.25) is 10.1 Å². The molecule has 1 rings (SSSR count). The van der Waals surface area contributed by atoms with Crippen LogP contribution in [0.5, 0.6) is 0 Å². The number of hydrogen-bond acceptors (Lipinski definition) is 4.